The fourth-order valence-corrected chi connectivity index (χ4v) is 5.22. The van der Waals surface area contributed by atoms with Crippen molar-refractivity contribution in [2.75, 3.05) is 38.6 Å². The molecule has 1 aromatic carbocycles. The molecule has 174 valence electrons. The number of nitrogens with one attached hydrogen (secondary N) is 3. The molecule has 0 amide bonds. The molecule has 9 nitrogen and oxygen atoms in total. The zero-order valence-corrected chi connectivity index (χ0v) is 19.5. The Balaban J connectivity index is 1.97. The molecule has 0 bridgehead atoms. The van der Waals surface area contributed by atoms with Crippen LogP contribution in [-0.2, 0) is 19.6 Å². The number of benzene rings is 1. The maximum Gasteiger partial charge on any atom is 0.325 e. The van der Waals surface area contributed by atoms with Crippen molar-refractivity contribution in [1.29, 1.82) is 5.41 Å². The highest BCUT2D eigenvalue weighted by molar-refractivity contribution is 7.90. The summed E-state index contributed by atoms with van der Waals surface area (Å²) in [5.41, 5.74) is 1.36. The van der Waals surface area contributed by atoms with Gasteiger partial charge >= 0.3 is 5.97 Å². The van der Waals surface area contributed by atoms with Crippen LogP contribution < -0.4 is 10.6 Å². The number of anilines is 1. The second-order valence-corrected chi connectivity index (χ2v) is 9.54. The van der Waals surface area contributed by atoms with Crippen LogP contribution in [-0.4, -0.2) is 68.4 Å². The predicted molar refractivity (Wildman–Crippen MR) is 124 cm³/mol. The number of ether oxygens (including phenoxy) is 1. The number of amidine groups is 1. The second kappa shape index (κ2) is 10.2. The maximum absolute atomic E-state index is 13.2. The Kier molecular flexibility index (Phi) is 7.57. The minimum Gasteiger partial charge on any atom is -0.465 e. The lowest BCUT2D eigenvalue weighted by Gasteiger charge is -2.35. The molecule has 3 rings (SSSR count). The molecule has 0 spiro atoms. The van der Waals surface area contributed by atoms with Crippen molar-refractivity contribution in [2.24, 2.45) is 0 Å². The van der Waals surface area contributed by atoms with Crippen LogP contribution in [0.25, 0.3) is 0 Å². The van der Waals surface area contributed by atoms with Gasteiger partial charge < -0.3 is 20.3 Å². The van der Waals surface area contributed by atoms with Crippen molar-refractivity contribution in [2.45, 2.75) is 37.6 Å². The van der Waals surface area contributed by atoms with Gasteiger partial charge in [-0.05, 0) is 51.4 Å². The quantitative estimate of drug-likeness (QED) is 0.313. The van der Waals surface area contributed by atoms with Crippen LogP contribution in [0.4, 0.5) is 5.82 Å². The van der Waals surface area contributed by atoms with E-state index >= 15 is 0 Å². The molecule has 1 fully saturated rings. The number of nitrogens with zero attached hydrogens (tertiary/aromatic N) is 2. The number of esters is 1. The van der Waals surface area contributed by atoms with Gasteiger partial charge in [0.1, 0.15) is 18.2 Å². The van der Waals surface area contributed by atoms with Gasteiger partial charge in [-0.1, -0.05) is 17.7 Å². The molecule has 3 N–H and O–H groups in total. The fourth-order valence-electron chi connectivity index (χ4n) is 3.87. The van der Waals surface area contributed by atoms with Crippen molar-refractivity contribution in [1.82, 2.24) is 14.2 Å². The van der Waals surface area contributed by atoms with Gasteiger partial charge in [-0.2, -0.15) is 0 Å². The lowest BCUT2D eigenvalue weighted by atomic mass is 10.0. The summed E-state index contributed by atoms with van der Waals surface area (Å²) in [6.07, 6.45) is 3.19. The van der Waals surface area contributed by atoms with Crippen molar-refractivity contribution < 1.29 is 17.9 Å². The van der Waals surface area contributed by atoms with Gasteiger partial charge in [0, 0.05) is 25.8 Å². The molecule has 2 aromatic rings. The molecule has 0 unspecified atom stereocenters. The molecular weight excluding hydrogens is 430 g/mol. The van der Waals surface area contributed by atoms with E-state index in [9.17, 15) is 13.2 Å². The lowest BCUT2D eigenvalue weighted by Crippen LogP contribution is -2.50. The van der Waals surface area contributed by atoms with Crippen LogP contribution >= 0.6 is 0 Å². The van der Waals surface area contributed by atoms with Crippen molar-refractivity contribution in [3.05, 3.63) is 47.7 Å². The number of piperidine rings is 1. The molecule has 10 heteroatoms. The molecule has 32 heavy (non-hydrogen) atoms. The Hall–Kier alpha value is -2.85. The van der Waals surface area contributed by atoms with Crippen LogP contribution in [0.1, 0.15) is 30.9 Å². The maximum atomic E-state index is 13.2. The third kappa shape index (κ3) is 4.97. The van der Waals surface area contributed by atoms with Gasteiger partial charge in [0.25, 0.3) is 10.0 Å². The summed E-state index contributed by atoms with van der Waals surface area (Å²) in [5, 5.41) is 15.1. The zero-order valence-electron chi connectivity index (χ0n) is 18.7. The van der Waals surface area contributed by atoms with Gasteiger partial charge in [-0.15, -0.1) is 0 Å². The van der Waals surface area contributed by atoms with E-state index in [1.54, 1.807) is 49.2 Å². The highest BCUT2D eigenvalue weighted by Crippen LogP contribution is 2.26. The number of hydrogen-bond donors (Lipinski definition) is 3. The van der Waals surface area contributed by atoms with Gasteiger partial charge in [-0.3, -0.25) is 10.2 Å². The number of hydrogen-bond acceptors (Lipinski definition) is 7. The van der Waals surface area contributed by atoms with Gasteiger partial charge in [0.2, 0.25) is 0 Å². The summed E-state index contributed by atoms with van der Waals surface area (Å²) in [6, 6.07) is 8.15. The van der Waals surface area contributed by atoms with E-state index in [1.807, 2.05) is 6.92 Å². The third-order valence-corrected chi connectivity index (χ3v) is 7.22. The number of carbonyl (C=O) groups is 1. The average Bonchev–Trinajstić information content (AvgIpc) is 3.23. The van der Waals surface area contributed by atoms with Gasteiger partial charge in [-0.25, -0.2) is 12.4 Å². The third-order valence-electron chi connectivity index (χ3n) is 5.53. The molecule has 1 aromatic heterocycles. The lowest BCUT2D eigenvalue weighted by molar-refractivity contribution is -0.143. The van der Waals surface area contributed by atoms with Crippen LogP contribution in [0.15, 0.2) is 41.4 Å². The van der Waals surface area contributed by atoms with Crippen LogP contribution in [0.3, 0.4) is 0 Å². The first kappa shape index (κ1) is 23.8. The van der Waals surface area contributed by atoms with E-state index in [-0.39, 0.29) is 35.7 Å². The summed E-state index contributed by atoms with van der Waals surface area (Å²) in [6.45, 7) is 5.35. The molecular formula is C22H31N5O4S. The second-order valence-electron chi connectivity index (χ2n) is 7.72. The number of aryl methyl sites for hydroxylation is 1. The number of carbonyl (C=O) groups excluding carboxylic acids is 1. The number of aromatic nitrogens is 1. The van der Waals surface area contributed by atoms with Crippen LogP contribution in [0, 0.1) is 12.3 Å². The molecule has 1 aliphatic rings. The Morgan fingerprint density at radius 1 is 1.31 bits per heavy atom. The van der Waals surface area contributed by atoms with Gasteiger partial charge in [0.15, 0.2) is 0 Å². The Morgan fingerprint density at radius 2 is 2.03 bits per heavy atom. The highest BCUT2D eigenvalue weighted by atomic mass is 32.2. The van der Waals surface area contributed by atoms with Crippen molar-refractivity contribution in [3.8, 4) is 0 Å². The molecule has 1 aliphatic heterocycles. The summed E-state index contributed by atoms with van der Waals surface area (Å²) < 4.78 is 32.8. The fraction of sp³-hybridized carbons (Fsp3) is 0.455. The monoisotopic (exact) mass is 461 g/mol. The Bertz CT molecular complexity index is 1060. The van der Waals surface area contributed by atoms with E-state index in [4.69, 9.17) is 10.1 Å². The summed E-state index contributed by atoms with van der Waals surface area (Å²) in [4.78, 5) is 14.1. The van der Waals surface area contributed by atoms with Crippen LogP contribution in [0.5, 0.6) is 0 Å². The van der Waals surface area contributed by atoms with Gasteiger partial charge in [0.05, 0.1) is 17.1 Å². The Labute approximate surface area is 189 Å². The summed E-state index contributed by atoms with van der Waals surface area (Å²) >= 11 is 0. The SMILES string of the molecule is CCOC(=O)CN(C(=N)c1ccn(S(=O)(=O)c2ccc(C)cc2)c1NC)[C@@H]1CCCNC1. The summed E-state index contributed by atoms with van der Waals surface area (Å²) in [5.74, 6) is -0.0669. The van der Waals surface area contributed by atoms with Crippen molar-refractivity contribution in [3.63, 3.8) is 0 Å². The van der Waals surface area contributed by atoms with E-state index in [2.05, 4.69) is 10.6 Å². The molecule has 2 heterocycles. The van der Waals surface area contributed by atoms with E-state index < -0.39 is 16.0 Å². The first-order valence-electron chi connectivity index (χ1n) is 10.7. The predicted octanol–water partition coefficient (Wildman–Crippen LogP) is 2.02. The largest absolute Gasteiger partial charge is 0.465 e. The minimum absolute atomic E-state index is 0.0672. The summed E-state index contributed by atoms with van der Waals surface area (Å²) in [7, 11) is -2.24. The van der Waals surface area contributed by atoms with Crippen molar-refractivity contribution >= 4 is 27.6 Å². The Morgan fingerprint density at radius 3 is 2.62 bits per heavy atom. The normalized spacial score (nSPS) is 16.4. The molecule has 1 saturated heterocycles. The van der Waals surface area contributed by atoms with E-state index in [0.717, 1.165) is 28.9 Å². The first-order chi connectivity index (χ1) is 15.3. The smallest absolute Gasteiger partial charge is 0.325 e. The zero-order chi connectivity index (χ0) is 23.3. The molecule has 0 radical (unpaired) electrons. The average molecular weight is 462 g/mol. The first-order valence-corrected chi connectivity index (χ1v) is 12.2. The minimum atomic E-state index is -3.86. The van der Waals surface area contributed by atoms with Crippen LogP contribution in [0.2, 0.25) is 0 Å². The van der Waals surface area contributed by atoms with E-state index in [1.165, 1.54) is 6.20 Å². The molecule has 1 atom stereocenters. The standard InChI is InChI=1S/C22H31N5O4S/c1-4-31-20(28)15-26(17-6-5-12-25-14-17)21(23)19-11-13-27(22(19)24-3)32(29,30)18-9-7-16(2)8-10-18/h7-11,13,17,23-25H,4-6,12,14-15H2,1-3H3/t17-/m1/s1. The highest BCUT2D eigenvalue weighted by Gasteiger charge is 2.30. The van der Waals surface area contributed by atoms with E-state index in [0.29, 0.717) is 12.1 Å². The number of rotatable bonds is 8. The topological polar surface area (TPSA) is 117 Å². The molecule has 0 aliphatic carbocycles. The molecule has 0 saturated carbocycles.